The molecule has 2 nitrogen and oxygen atoms in total. The van der Waals surface area contributed by atoms with E-state index in [0.717, 1.165) is 12.0 Å². The number of hydrogen-bond donors (Lipinski definition) is 0. The molecule has 0 bridgehead atoms. The molecule has 0 heterocycles. The minimum absolute atomic E-state index is 0.169. The predicted octanol–water partition coefficient (Wildman–Crippen LogP) is 3.07. The van der Waals surface area contributed by atoms with Gasteiger partial charge in [-0.2, -0.15) is 0 Å². The Bertz CT molecular complexity index is 293. The van der Waals surface area contributed by atoms with Crippen LogP contribution in [-0.2, 0) is 4.74 Å². The highest BCUT2D eigenvalue weighted by molar-refractivity contribution is 5.95. The molecule has 0 saturated carbocycles. The van der Waals surface area contributed by atoms with Gasteiger partial charge in [-0.05, 0) is 20.3 Å². The molecule has 1 unspecified atom stereocenters. The van der Waals surface area contributed by atoms with Gasteiger partial charge in [-0.15, -0.1) is 0 Å². The highest BCUT2D eigenvalue weighted by Gasteiger charge is 2.08. The van der Waals surface area contributed by atoms with Crippen molar-refractivity contribution in [2.75, 3.05) is 6.61 Å². The van der Waals surface area contributed by atoms with E-state index < -0.39 is 0 Å². The number of ether oxygens (including phenoxy) is 1. The smallest absolute Gasteiger partial charge is 0.162 e. The zero-order valence-corrected chi connectivity index (χ0v) is 9.40. The molecule has 0 aliphatic rings. The Morgan fingerprint density at radius 2 is 2.00 bits per heavy atom. The van der Waals surface area contributed by atoms with Crippen LogP contribution >= 0.6 is 0 Å². The van der Waals surface area contributed by atoms with Crippen LogP contribution in [-0.4, -0.2) is 18.5 Å². The van der Waals surface area contributed by atoms with Crippen LogP contribution in [0.4, 0.5) is 0 Å². The molecular formula is C13H18O2. The lowest BCUT2D eigenvalue weighted by atomic mass is 10.1. The van der Waals surface area contributed by atoms with E-state index in [4.69, 9.17) is 4.74 Å². The molecule has 15 heavy (non-hydrogen) atoms. The molecular weight excluding hydrogens is 188 g/mol. The molecule has 0 aromatic heterocycles. The lowest BCUT2D eigenvalue weighted by Gasteiger charge is -2.10. The van der Waals surface area contributed by atoms with Gasteiger partial charge in [0.1, 0.15) is 0 Å². The lowest BCUT2D eigenvalue weighted by Crippen LogP contribution is -2.10. The van der Waals surface area contributed by atoms with Crippen molar-refractivity contribution in [3.63, 3.8) is 0 Å². The van der Waals surface area contributed by atoms with E-state index in [1.54, 1.807) is 0 Å². The SMILES string of the molecule is CCOC(C)CCC(=O)c1ccccc1. The lowest BCUT2D eigenvalue weighted by molar-refractivity contribution is 0.0650. The summed E-state index contributed by atoms with van der Waals surface area (Å²) in [6.45, 7) is 4.68. The van der Waals surface area contributed by atoms with E-state index in [9.17, 15) is 4.79 Å². The van der Waals surface area contributed by atoms with Crippen LogP contribution in [0.3, 0.4) is 0 Å². The topological polar surface area (TPSA) is 26.3 Å². The third-order valence-electron chi connectivity index (χ3n) is 2.32. The molecule has 82 valence electrons. The van der Waals surface area contributed by atoms with Crippen LogP contribution in [0.2, 0.25) is 0 Å². The van der Waals surface area contributed by atoms with Crippen LogP contribution in [0.25, 0.3) is 0 Å². The van der Waals surface area contributed by atoms with Crippen LogP contribution in [0, 0.1) is 0 Å². The van der Waals surface area contributed by atoms with E-state index in [1.807, 2.05) is 44.2 Å². The summed E-state index contributed by atoms with van der Waals surface area (Å²) in [7, 11) is 0. The Hall–Kier alpha value is -1.15. The number of carbonyl (C=O) groups is 1. The van der Waals surface area contributed by atoms with E-state index in [1.165, 1.54) is 0 Å². The number of carbonyl (C=O) groups excluding carboxylic acids is 1. The zero-order valence-electron chi connectivity index (χ0n) is 9.40. The maximum atomic E-state index is 11.7. The Labute approximate surface area is 91.3 Å². The zero-order chi connectivity index (χ0) is 11.1. The summed E-state index contributed by atoms with van der Waals surface area (Å²) in [6, 6.07) is 9.40. The molecule has 0 aliphatic heterocycles. The summed E-state index contributed by atoms with van der Waals surface area (Å²) < 4.78 is 5.38. The molecule has 0 aliphatic carbocycles. The molecule has 1 rings (SSSR count). The van der Waals surface area contributed by atoms with Gasteiger partial charge < -0.3 is 4.74 Å². The normalized spacial score (nSPS) is 12.4. The first-order valence-electron chi connectivity index (χ1n) is 5.44. The quantitative estimate of drug-likeness (QED) is 0.669. The second-order valence-corrected chi connectivity index (χ2v) is 3.59. The van der Waals surface area contributed by atoms with Gasteiger partial charge in [0.2, 0.25) is 0 Å². The highest BCUT2D eigenvalue weighted by Crippen LogP contribution is 2.08. The van der Waals surface area contributed by atoms with Crippen molar-refractivity contribution >= 4 is 5.78 Å². The Morgan fingerprint density at radius 3 is 2.60 bits per heavy atom. The largest absolute Gasteiger partial charge is 0.379 e. The Kier molecular flexibility index (Phi) is 5.05. The van der Waals surface area contributed by atoms with Crippen molar-refractivity contribution in [1.82, 2.24) is 0 Å². The van der Waals surface area contributed by atoms with E-state index >= 15 is 0 Å². The minimum atomic E-state index is 0.169. The second-order valence-electron chi connectivity index (χ2n) is 3.59. The van der Waals surface area contributed by atoms with Gasteiger partial charge >= 0.3 is 0 Å². The van der Waals surface area contributed by atoms with Gasteiger partial charge in [0.15, 0.2) is 5.78 Å². The molecule has 0 radical (unpaired) electrons. The maximum absolute atomic E-state index is 11.7. The van der Waals surface area contributed by atoms with Gasteiger partial charge in [0.25, 0.3) is 0 Å². The second kappa shape index (κ2) is 6.36. The monoisotopic (exact) mass is 206 g/mol. The average Bonchev–Trinajstić information content (AvgIpc) is 2.27. The molecule has 0 saturated heterocycles. The molecule has 0 N–H and O–H groups in total. The summed E-state index contributed by atoms with van der Waals surface area (Å²) in [4.78, 5) is 11.7. The summed E-state index contributed by atoms with van der Waals surface area (Å²) in [5, 5.41) is 0. The first kappa shape index (κ1) is 11.9. The summed E-state index contributed by atoms with van der Waals surface area (Å²) >= 11 is 0. The maximum Gasteiger partial charge on any atom is 0.162 e. The fraction of sp³-hybridized carbons (Fsp3) is 0.462. The molecule has 1 aromatic carbocycles. The Balaban J connectivity index is 2.37. The number of benzene rings is 1. The minimum Gasteiger partial charge on any atom is -0.379 e. The van der Waals surface area contributed by atoms with E-state index in [2.05, 4.69) is 0 Å². The standard InChI is InChI=1S/C13H18O2/c1-3-15-11(2)9-10-13(14)12-7-5-4-6-8-12/h4-8,11H,3,9-10H2,1-2H3. The number of Topliss-reactive ketones (excluding diaryl/α,β-unsaturated/α-hetero) is 1. The van der Waals surface area contributed by atoms with Gasteiger partial charge in [0.05, 0.1) is 6.10 Å². The fourth-order valence-electron chi connectivity index (χ4n) is 1.47. The molecule has 2 heteroatoms. The van der Waals surface area contributed by atoms with Crippen molar-refractivity contribution in [2.45, 2.75) is 32.8 Å². The number of rotatable bonds is 6. The first-order valence-corrected chi connectivity index (χ1v) is 5.44. The van der Waals surface area contributed by atoms with E-state index in [-0.39, 0.29) is 11.9 Å². The Morgan fingerprint density at radius 1 is 1.33 bits per heavy atom. The molecule has 0 amide bonds. The van der Waals surface area contributed by atoms with Crippen LogP contribution < -0.4 is 0 Å². The van der Waals surface area contributed by atoms with Gasteiger partial charge in [0, 0.05) is 18.6 Å². The van der Waals surface area contributed by atoms with Crippen LogP contribution in [0.5, 0.6) is 0 Å². The van der Waals surface area contributed by atoms with Crippen LogP contribution in [0.1, 0.15) is 37.0 Å². The number of hydrogen-bond acceptors (Lipinski definition) is 2. The van der Waals surface area contributed by atoms with E-state index in [0.29, 0.717) is 13.0 Å². The molecule has 0 fully saturated rings. The van der Waals surface area contributed by atoms with Crippen molar-refractivity contribution < 1.29 is 9.53 Å². The number of ketones is 1. The average molecular weight is 206 g/mol. The van der Waals surface area contributed by atoms with Crippen molar-refractivity contribution in [3.8, 4) is 0 Å². The van der Waals surface area contributed by atoms with Gasteiger partial charge in [-0.25, -0.2) is 0 Å². The molecule has 1 atom stereocenters. The summed E-state index contributed by atoms with van der Waals surface area (Å²) in [5.74, 6) is 0.196. The predicted molar refractivity (Wildman–Crippen MR) is 61.1 cm³/mol. The highest BCUT2D eigenvalue weighted by atomic mass is 16.5. The third-order valence-corrected chi connectivity index (χ3v) is 2.32. The summed E-state index contributed by atoms with van der Waals surface area (Å²) in [6.07, 6.45) is 1.52. The molecule has 0 spiro atoms. The third kappa shape index (κ3) is 4.26. The van der Waals surface area contributed by atoms with Gasteiger partial charge in [-0.3, -0.25) is 4.79 Å². The fourth-order valence-corrected chi connectivity index (χ4v) is 1.47. The molecule has 1 aromatic rings. The van der Waals surface area contributed by atoms with Crippen molar-refractivity contribution in [3.05, 3.63) is 35.9 Å². The van der Waals surface area contributed by atoms with Crippen molar-refractivity contribution in [1.29, 1.82) is 0 Å². The van der Waals surface area contributed by atoms with Crippen molar-refractivity contribution in [2.24, 2.45) is 0 Å². The summed E-state index contributed by atoms with van der Waals surface area (Å²) in [5.41, 5.74) is 0.793. The van der Waals surface area contributed by atoms with Gasteiger partial charge in [-0.1, -0.05) is 30.3 Å². The first-order chi connectivity index (χ1) is 7.24. The van der Waals surface area contributed by atoms with Crippen LogP contribution in [0.15, 0.2) is 30.3 Å².